The summed E-state index contributed by atoms with van der Waals surface area (Å²) in [6.07, 6.45) is 0. The monoisotopic (exact) mass is 371 g/mol. The van der Waals surface area contributed by atoms with Crippen molar-refractivity contribution in [2.75, 3.05) is 31.1 Å². The molecule has 1 fully saturated rings. The number of hydrogen-bond acceptors (Lipinski definition) is 6. The minimum atomic E-state index is 0.147. The SMILES string of the molecule is Cc1sc2nc(N3CCN(Cc4ccccc4)CC3)sc(=O)c2c1C. The van der Waals surface area contributed by atoms with E-state index in [0.717, 1.165) is 53.6 Å². The van der Waals surface area contributed by atoms with Crippen LogP contribution in [0.1, 0.15) is 16.0 Å². The molecule has 3 aromatic rings. The van der Waals surface area contributed by atoms with Crippen LogP contribution in [0.5, 0.6) is 0 Å². The highest BCUT2D eigenvalue weighted by molar-refractivity contribution is 7.20. The van der Waals surface area contributed by atoms with Gasteiger partial charge in [-0.2, -0.15) is 0 Å². The zero-order chi connectivity index (χ0) is 17.4. The topological polar surface area (TPSA) is 36.4 Å². The number of anilines is 1. The minimum absolute atomic E-state index is 0.147. The molecule has 0 saturated carbocycles. The Hall–Kier alpha value is -1.76. The van der Waals surface area contributed by atoms with Crippen molar-refractivity contribution < 1.29 is 0 Å². The maximum atomic E-state index is 12.5. The molecule has 0 N–H and O–H groups in total. The molecule has 1 aliphatic heterocycles. The number of fused-ring (bicyclic) bond motifs is 1. The Morgan fingerprint density at radius 3 is 2.48 bits per heavy atom. The predicted octanol–water partition coefficient (Wildman–Crippen LogP) is 3.66. The highest BCUT2D eigenvalue weighted by atomic mass is 32.1. The van der Waals surface area contributed by atoms with Gasteiger partial charge in [-0.3, -0.25) is 9.69 Å². The molecule has 0 amide bonds. The van der Waals surface area contributed by atoms with Gasteiger partial charge in [-0.15, -0.1) is 11.3 Å². The third-order valence-electron chi connectivity index (χ3n) is 4.84. The van der Waals surface area contributed by atoms with Crippen LogP contribution in [-0.4, -0.2) is 36.1 Å². The lowest BCUT2D eigenvalue weighted by molar-refractivity contribution is 0.250. The summed E-state index contributed by atoms with van der Waals surface area (Å²) in [4.78, 5) is 24.1. The standard InChI is InChI=1S/C19H21N3OS2/c1-13-14(2)24-17-16(13)18(23)25-19(20-17)22-10-8-21(9-11-22)12-15-6-4-3-5-7-15/h3-7H,8-12H2,1-2H3. The first-order chi connectivity index (χ1) is 12.1. The average Bonchev–Trinajstić information content (AvgIpc) is 2.91. The summed E-state index contributed by atoms with van der Waals surface area (Å²) in [5.41, 5.74) is 2.44. The molecule has 1 aromatic carbocycles. The van der Waals surface area contributed by atoms with E-state index in [2.05, 4.69) is 47.1 Å². The zero-order valence-electron chi connectivity index (χ0n) is 14.5. The molecule has 4 rings (SSSR count). The molecule has 0 bridgehead atoms. The van der Waals surface area contributed by atoms with E-state index in [4.69, 9.17) is 4.98 Å². The number of aromatic nitrogens is 1. The fourth-order valence-electron chi connectivity index (χ4n) is 3.25. The Labute approximate surface area is 155 Å². The highest BCUT2D eigenvalue weighted by Gasteiger charge is 2.21. The molecule has 4 nitrogen and oxygen atoms in total. The second-order valence-corrected chi connectivity index (χ2v) is 8.64. The van der Waals surface area contributed by atoms with Crippen molar-refractivity contribution in [1.29, 1.82) is 0 Å². The van der Waals surface area contributed by atoms with Crippen LogP contribution < -0.4 is 9.64 Å². The molecule has 1 aliphatic rings. The fourth-order valence-corrected chi connectivity index (χ4v) is 5.36. The van der Waals surface area contributed by atoms with E-state index in [1.807, 2.05) is 6.92 Å². The minimum Gasteiger partial charge on any atom is -0.345 e. The van der Waals surface area contributed by atoms with Gasteiger partial charge in [-0.25, -0.2) is 4.98 Å². The van der Waals surface area contributed by atoms with Gasteiger partial charge in [0.15, 0.2) is 5.13 Å². The second-order valence-electron chi connectivity index (χ2n) is 6.50. The van der Waals surface area contributed by atoms with E-state index in [9.17, 15) is 4.79 Å². The summed E-state index contributed by atoms with van der Waals surface area (Å²) in [5, 5.41) is 1.69. The van der Waals surface area contributed by atoms with Crippen LogP contribution >= 0.6 is 22.7 Å². The van der Waals surface area contributed by atoms with Gasteiger partial charge in [-0.1, -0.05) is 41.7 Å². The summed E-state index contributed by atoms with van der Waals surface area (Å²) < 4.78 is 0.147. The van der Waals surface area contributed by atoms with E-state index < -0.39 is 0 Å². The second kappa shape index (κ2) is 6.86. The van der Waals surface area contributed by atoms with Gasteiger partial charge in [-0.05, 0) is 25.0 Å². The smallest absolute Gasteiger partial charge is 0.246 e. The molecule has 3 heterocycles. The summed E-state index contributed by atoms with van der Waals surface area (Å²) in [6.45, 7) is 8.91. The average molecular weight is 372 g/mol. The Bertz CT molecular complexity index is 940. The molecule has 1 saturated heterocycles. The maximum Gasteiger partial charge on any atom is 0.246 e. The van der Waals surface area contributed by atoms with Gasteiger partial charge in [0.05, 0.1) is 5.39 Å². The molecule has 0 radical (unpaired) electrons. The third kappa shape index (κ3) is 3.34. The van der Waals surface area contributed by atoms with Crippen LogP contribution in [-0.2, 0) is 6.54 Å². The first-order valence-electron chi connectivity index (χ1n) is 8.54. The van der Waals surface area contributed by atoms with Crippen LogP contribution in [0.4, 0.5) is 5.13 Å². The summed E-state index contributed by atoms with van der Waals surface area (Å²) in [5.74, 6) is 0. The van der Waals surface area contributed by atoms with Crippen molar-refractivity contribution in [2.45, 2.75) is 20.4 Å². The van der Waals surface area contributed by atoms with Crippen LogP contribution in [0.2, 0.25) is 0 Å². The zero-order valence-corrected chi connectivity index (χ0v) is 16.1. The number of benzene rings is 1. The molecule has 130 valence electrons. The predicted molar refractivity (Wildman–Crippen MR) is 107 cm³/mol. The van der Waals surface area contributed by atoms with E-state index in [1.165, 1.54) is 21.8 Å². The van der Waals surface area contributed by atoms with Crippen molar-refractivity contribution in [3.8, 4) is 0 Å². The molecule has 2 aromatic heterocycles. The number of thiophene rings is 1. The van der Waals surface area contributed by atoms with Gasteiger partial charge in [0.2, 0.25) is 4.74 Å². The number of rotatable bonds is 3. The first-order valence-corrected chi connectivity index (χ1v) is 10.2. The summed E-state index contributed by atoms with van der Waals surface area (Å²) in [7, 11) is 0. The lowest BCUT2D eigenvalue weighted by Crippen LogP contribution is -2.46. The summed E-state index contributed by atoms with van der Waals surface area (Å²) in [6, 6.07) is 10.6. The Morgan fingerprint density at radius 2 is 1.76 bits per heavy atom. The molecular weight excluding hydrogens is 350 g/mol. The van der Waals surface area contributed by atoms with Crippen molar-refractivity contribution >= 4 is 38.0 Å². The van der Waals surface area contributed by atoms with E-state index in [-0.39, 0.29) is 4.74 Å². The fraction of sp³-hybridized carbons (Fsp3) is 0.368. The van der Waals surface area contributed by atoms with Crippen molar-refractivity contribution in [3.63, 3.8) is 0 Å². The maximum absolute atomic E-state index is 12.5. The molecule has 6 heteroatoms. The highest BCUT2D eigenvalue weighted by Crippen LogP contribution is 2.30. The van der Waals surface area contributed by atoms with Crippen molar-refractivity contribution in [1.82, 2.24) is 9.88 Å². The van der Waals surface area contributed by atoms with Crippen molar-refractivity contribution in [3.05, 3.63) is 55.9 Å². The summed E-state index contributed by atoms with van der Waals surface area (Å²) >= 11 is 2.93. The van der Waals surface area contributed by atoms with Crippen LogP contribution in [0.25, 0.3) is 10.2 Å². The quantitative estimate of drug-likeness (QED) is 0.704. The lowest BCUT2D eigenvalue weighted by atomic mass is 10.2. The number of hydrogen-bond donors (Lipinski definition) is 0. The van der Waals surface area contributed by atoms with Gasteiger partial charge < -0.3 is 4.90 Å². The third-order valence-corrected chi connectivity index (χ3v) is 6.87. The number of piperazine rings is 1. The molecule has 0 aliphatic carbocycles. The largest absolute Gasteiger partial charge is 0.345 e. The van der Waals surface area contributed by atoms with Gasteiger partial charge in [0.25, 0.3) is 0 Å². The lowest BCUT2D eigenvalue weighted by Gasteiger charge is -2.34. The molecule has 0 spiro atoms. The first kappa shape index (κ1) is 16.7. The van der Waals surface area contributed by atoms with Gasteiger partial charge in [0.1, 0.15) is 4.83 Å². The van der Waals surface area contributed by atoms with E-state index >= 15 is 0 Å². The van der Waals surface area contributed by atoms with Crippen LogP contribution in [0, 0.1) is 13.8 Å². The van der Waals surface area contributed by atoms with Crippen molar-refractivity contribution in [2.24, 2.45) is 0 Å². The van der Waals surface area contributed by atoms with E-state index in [1.54, 1.807) is 11.3 Å². The van der Waals surface area contributed by atoms with Crippen LogP contribution in [0.3, 0.4) is 0 Å². The van der Waals surface area contributed by atoms with Crippen LogP contribution in [0.15, 0.2) is 35.1 Å². The Morgan fingerprint density at radius 1 is 1.04 bits per heavy atom. The number of aryl methyl sites for hydroxylation is 2. The molecular formula is C19H21N3OS2. The molecule has 0 unspecified atom stereocenters. The number of nitrogens with zero attached hydrogens (tertiary/aromatic N) is 3. The van der Waals surface area contributed by atoms with E-state index in [0.29, 0.717) is 0 Å². The molecule has 25 heavy (non-hydrogen) atoms. The van der Waals surface area contributed by atoms with Gasteiger partial charge in [0, 0.05) is 37.6 Å². The normalized spacial score (nSPS) is 15.8. The Kier molecular flexibility index (Phi) is 4.58. The Balaban J connectivity index is 1.49. The molecule has 0 atom stereocenters. The van der Waals surface area contributed by atoms with Gasteiger partial charge >= 0.3 is 0 Å².